The molecule has 3 aromatic rings. The number of carbonyl (C=O) groups is 2. The highest BCUT2D eigenvalue weighted by molar-refractivity contribution is 5.92. The highest BCUT2D eigenvalue weighted by Gasteiger charge is 2.15. The highest BCUT2D eigenvalue weighted by Crippen LogP contribution is 2.20. The molecule has 0 aliphatic carbocycles. The molecule has 8 nitrogen and oxygen atoms in total. The first kappa shape index (κ1) is 21.0. The van der Waals surface area contributed by atoms with E-state index in [1.807, 2.05) is 18.2 Å². The van der Waals surface area contributed by atoms with E-state index in [1.165, 1.54) is 5.56 Å². The first-order chi connectivity index (χ1) is 14.5. The number of aromatic nitrogens is 2. The topological polar surface area (TPSA) is 103 Å². The van der Waals surface area contributed by atoms with Crippen LogP contribution >= 0.6 is 0 Å². The maximum absolute atomic E-state index is 12.0. The average Bonchev–Trinajstić information content (AvgIpc) is 3.13. The van der Waals surface area contributed by atoms with E-state index in [0.717, 1.165) is 11.1 Å². The van der Waals surface area contributed by atoms with Crippen LogP contribution in [0.5, 0.6) is 0 Å². The minimum absolute atomic E-state index is 0.104. The van der Waals surface area contributed by atoms with Crippen molar-refractivity contribution < 1.29 is 18.7 Å². The van der Waals surface area contributed by atoms with E-state index in [9.17, 15) is 14.4 Å². The molecule has 0 bridgehead atoms. The number of carbonyl (C=O) groups excluding carboxylic acids is 2. The number of hydrogen-bond acceptors (Lipinski definition) is 6. The van der Waals surface area contributed by atoms with Crippen LogP contribution < -0.4 is 11.1 Å². The summed E-state index contributed by atoms with van der Waals surface area (Å²) in [6, 6.07) is 16.4. The maximum atomic E-state index is 12.0. The molecule has 1 amide bonds. The van der Waals surface area contributed by atoms with Crippen LogP contribution in [0.2, 0.25) is 0 Å². The van der Waals surface area contributed by atoms with Crippen LogP contribution in [-0.2, 0) is 20.9 Å². The lowest BCUT2D eigenvalue weighted by atomic mass is 9.99. The SMILES string of the molecule is CC[C@H](C)c1ccc(NC(=O)COC(=O)Cn2nc(-c3ccccc3)oc2=O)cc1. The summed E-state index contributed by atoms with van der Waals surface area (Å²) >= 11 is 0. The van der Waals surface area contributed by atoms with E-state index >= 15 is 0 Å². The van der Waals surface area contributed by atoms with Crippen molar-refractivity contribution in [2.45, 2.75) is 32.7 Å². The lowest BCUT2D eigenvalue weighted by Crippen LogP contribution is -2.26. The fourth-order valence-corrected chi connectivity index (χ4v) is 2.75. The summed E-state index contributed by atoms with van der Waals surface area (Å²) in [6.07, 6.45) is 1.03. The molecule has 1 atom stereocenters. The molecular formula is C22H23N3O5. The Morgan fingerprint density at radius 3 is 2.50 bits per heavy atom. The molecule has 0 unspecified atom stereocenters. The lowest BCUT2D eigenvalue weighted by Gasteiger charge is -2.10. The van der Waals surface area contributed by atoms with Crippen molar-refractivity contribution in [2.24, 2.45) is 0 Å². The van der Waals surface area contributed by atoms with Gasteiger partial charge >= 0.3 is 11.7 Å². The van der Waals surface area contributed by atoms with Gasteiger partial charge in [-0.1, -0.05) is 44.2 Å². The molecule has 1 N–H and O–H groups in total. The first-order valence-electron chi connectivity index (χ1n) is 9.65. The van der Waals surface area contributed by atoms with Crippen LogP contribution in [0.1, 0.15) is 31.7 Å². The zero-order chi connectivity index (χ0) is 21.5. The number of anilines is 1. The van der Waals surface area contributed by atoms with Crippen LogP contribution in [0.15, 0.2) is 63.8 Å². The fourth-order valence-electron chi connectivity index (χ4n) is 2.75. The summed E-state index contributed by atoms with van der Waals surface area (Å²) in [5.41, 5.74) is 2.42. The number of nitrogens with zero attached hydrogens (tertiary/aromatic N) is 2. The number of rotatable bonds is 8. The third-order valence-electron chi connectivity index (χ3n) is 4.65. The van der Waals surface area contributed by atoms with Gasteiger partial charge in [0.25, 0.3) is 5.91 Å². The van der Waals surface area contributed by atoms with Crippen molar-refractivity contribution in [3.8, 4) is 11.5 Å². The second kappa shape index (κ2) is 9.69. The van der Waals surface area contributed by atoms with Gasteiger partial charge in [0.15, 0.2) is 6.61 Å². The van der Waals surface area contributed by atoms with Gasteiger partial charge < -0.3 is 14.5 Å². The third kappa shape index (κ3) is 5.44. The molecule has 0 aliphatic rings. The van der Waals surface area contributed by atoms with E-state index in [2.05, 4.69) is 24.3 Å². The molecule has 1 heterocycles. The van der Waals surface area contributed by atoms with Gasteiger partial charge in [-0.15, -0.1) is 5.10 Å². The van der Waals surface area contributed by atoms with Gasteiger partial charge in [0.1, 0.15) is 6.54 Å². The predicted octanol–water partition coefficient (Wildman–Crippen LogP) is 3.20. The van der Waals surface area contributed by atoms with Gasteiger partial charge in [-0.3, -0.25) is 9.59 Å². The molecule has 0 saturated carbocycles. The Hall–Kier alpha value is -3.68. The molecular weight excluding hydrogens is 386 g/mol. The molecule has 156 valence electrons. The monoisotopic (exact) mass is 409 g/mol. The minimum Gasteiger partial charge on any atom is -0.454 e. The van der Waals surface area contributed by atoms with Crippen molar-refractivity contribution in [1.29, 1.82) is 0 Å². The summed E-state index contributed by atoms with van der Waals surface area (Å²) in [5.74, 6) is -1.48. The first-order valence-corrected chi connectivity index (χ1v) is 9.65. The number of hydrogen-bond donors (Lipinski definition) is 1. The zero-order valence-electron chi connectivity index (χ0n) is 16.8. The Bertz CT molecular complexity index is 1050. The molecule has 0 fully saturated rings. The number of ether oxygens (including phenoxy) is 1. The van der Waals surface area contributed by atoms with Crippen LogP contribution in [0.4, 0.5) is 5.69 Å². The van der Waals surface area contributed by atoms with Gasteiger partial charge in [-0.05, 0) is 42.2 Å². The Labute approximate surface area is 173 Å². The Balaban J connectivity index is 1.50. The number of benzene rings is 2. The minimum atomic E-state index is -0.781. The van der Waals surface area contributed by atoms with Gasteiger partial charge in [-0.25, -0.2) is 4.79 Å². The van der Waals surface area contributed by atoms with Crippen LogP contribution in [-0.4, -0.2) is 28.3 Å². The maximum Gasteiger partial charge on any atom is 0.437 e. The summed E-state index contributed by atoms with van der Waals surface area (Å²) in [7, 11) is 0. The van der Waals surface area contributed by atoms with E-state index in [1.54, 1.807) is 36.4 Å². The molecule has 0 radical (unpaired) electrons. The quantitative estimate of drug-likeness (QED) is 0.573. The lowest BCUT2D eigenvalue weighted by molar-refractivity contribution is -0.148. The van der Waals surface area contributed by atoms with Crippen molar-refractivity contribution in [1.82, 2.24) is 9.78 Å². The molecule has 3 rings (SSSR count). The van der Waals surface area contributed by atoms with Gasteiger partial charge in [0, 0.05) is 11.3 Å². The van der Waals surface area contributed by atoms with Crippen LogP contribution in [0.3, 0.4) is 0 Å². The molecule has 0 aliphatic heterocycles. The Morgan fingerprint density at radius 2 is 1.83 bits per heavy atom. The largest absolute Gasteiger partial charge is 0.454 e. The molecule has 30 heavy (non-hydrogen) atoms. The number of amides is 1. The van der Waals surface area contributed by atoms with Crippen molar-refractivity contribution in [2.75, 3.05) is 11.9 Å². The molecule has 0 spiro atoms. The Morgan fingerprint density at radius 1 is 1.13 bits per heavy atom. The van der Waals surface area contributed by atoms with Crippen molar-refractivity contribution in [3.63, 3.8) is 0 Å². The third-order valence-corrected chi connectivity index (χ3v) is 4.65. The van der Waals surface area contributed by atoms with E-state index in [-0.39, 0.29) is 5.89 Å². The second-order valence-corrected chi connectivity index (χ2v) is 6.84. The standard InChI is InChI=1S/C22H23N3O5/c1-3-15(2)16-9-11-18(12-10-16)23-19(26)14-29-20(27)13-25-22(28)30-21(24-25)17-7-5-4-6-8-17/h4-12,15H,3,13-14H2,1-2H3,(H,23,26)/t15-/m0/s1. The molecule has 8 heteroatoms. The Kier molecular flexibility index (Phi) is 6.79. The van der Waals surface area contributed by atoms with Gasteiger partial charge in [-0.2, -0.15) is 4.68 Å². The summed E-state index contributed by atoms with van der Waals surface area (Å²) < 4.78 is 10.8. The fraction of sp³-hybridized carbons (Fsp3) is 0.273. The number of nitrogens with one attached hydrogen (secondary N) is 1. The summed E-state index contributed by atoms with van der Waals surface area (Å²) in [5, 5.41) is 6.64. The molecule has 1 aromatic heterocycles. The number of esters is 1. The van der Waals surface area contributed by atoms with Crippen LogP contribution in [0.25, 0.3) is 11.5 Å². The predicted molar refractivity (Wildman–Crippen MR) is 111 cm³/mol. The smallest absolute Gasteiger partial charge is 0.437 e. The average molecular weight is 409 g/mol. The summed E-state index contributed by atoms with van der Waals surface area (Å²) in [6.45, 7) is 3.33. The van der Waals surface area contributed by atoms with Gasteiger partial charge in [0.2, 0.25) is 5.89 Å². The summed E-state index contributed by atoms with van der Waals surface area (Å²) in [4.78, 5) is 35.9. The second-order valence-electron chi connectivity index (χ2n) is 6.84. The van der Waals surface area contributed by atoms with E-state index < -0.39 is 30.8 Å². The van der Waals surface area contributed by atoms with E-state index in [0.29, 0.717) is 17.2 Å². The normalized spacial score (nSPS) is 11.7. The molecule has 2 aromatic carbocycles. The van der Waals surface area contributed by atoms with Crippen molar-refractivity contribution in [3.05, 3.63) is 70.7 Å². The van der Waals surface area contributed by atoms with Crippen LogP contribution in [0, 0.1) is 0 Å². The zero-order valence-corrected chi connectivity index (χ0v) is 16.8. The molecule has 0 saturated heterocycles. The highest BCUT2D eigenvalue weighted by atomic mass is 16.5. The van der Waals surface area contributed by atoms with Crippen molar-refractivity contribution >= 4 is 17.6 Å². The van der Waals surface area contributed by atoms with Gasteiger partial charge in [0.05, 0.1) is 0 Å². The van der Waals surface area contributed by atoms with E-state index in [4.69, 9.17) is 9.15 Å².